The number of aliphatic hydroxyl groups excluding tert-OH is 1. The summed E-state index contributed by atoms with van der Waals surface area (Å²) < 4.78 is 5.46. The minimum Gasteiger partial charge on any atom is -0.390 e. The van der Waals surface area contributed by atoms with Crippen LogP contribution in [0, 0.1) is 0 Å². The van der Waals surface area contributed by atoms with Gasteiger partial charge in [0, 0.05) is 5.92 Å². The van der Waals surface area contributed by atoms with E-state index >= 15 is 0 Å². The van der Waals surface area contributed by atoms with Gasteiger partial charge in [-0.2, -0.15) is 0 Å². The minimum absolute atomic E-state index is 0.167. The molecule has 0 radical (unpaired) electrons. The molecule has 2 nitrogen and oxygen atoms in total. The first-order valence-electron chi connectivity index (χ1n) is 5.99. The maximum absolute atomic E-state index is 10.1. The Hall–Kier alpha value is -0.860. The van der Waals surface area contributed by atoms with Gasteiger partial charge in [-0.1, -0.05) is 37.3 Å². The molecule has 0 heterocycles. The molecule has 0 aliphatic heterocycles. The summed E-state index contributed by atoms with van der Waals surface area (Å²) in [5.74, 6) is 0.167. The molecular weight excluding hydrogens is 200 g/mol. The Balaban J connectivity index is 2.60. The molecule has 1 aromatic carbocycles. The molecule has 0 aromatic heterocycles. The number of hydrogen-bond donors (Lipinski definition) is 1. The molecule has 2 unspecified atom stereocenters. The Labute approximate surface area is 98.3 Å². The van der Waals surface area contributed by atoms with E-state index in [-0.39, 0.29) is 12.0 Å². The standard InChI is InChI=1S/C14H22O2/c1-4-13(12-8-6-5-7-9-12)14(15)10-16-11(2)3/h5-9,11,13-15H,4,10H2,1-3H3. The number of rotatable bonds is 6. The van der Waals surface area contributed by atoms with Gasteiger partial charge >= 0.3 is 0 Å². The number of ether oxygens (including phenoxy) is 1. The average Bonchev–Trinajstić information content (AvgIpc) is 2.29. The lowest BCUT2D eigenvalue weighted by Crippen LogP contribution is -2.25. The summed E-state index contributed by atoms with van der Waals surface area (Å²) >= 11 is 0. The molecule has 1 rings (SSSR count). The zero-order chi connectivity index (χ0) is 12.0. The predicted octanol–water partition coefficient (Wildman–Crippen LogP) is 2.97. The lowest BCUT2D eigenvalue weighted by Gasteiger charge is -2.22. The monoisotopic (exact) mass is 222 g/mol. The van der Waals surface area contributed by atoms with Crippen LogP contribution < -0.4 is 0 Å². The van der Waals surface area contributed by atoms with Crippen LogP contribution in [0.25, 0.3) is 0 Å². The first-order chi connectivity index (χ1) is 7.65. The van der Waals surface area contributed by atoms with Crippen LogP contribution in [0.1, 0.15) is 38.7 Å². The van der Waals surface area contributed by atoms with Crippen molar-refractivity contribution in [3.05, 3.63) is 35.9 Å². The molecule has 2 atom stereocenters. The first-order valence-corrected chi connectivity index (χ1v) is 5.99. The van der Waals surface area contributed by atoms with Gasteiger partial charge in [-0.3, -0.25) is 0 Å². The fraction of sp³-hybridized carbons (Fsp3) is 0.571. The highest BCUT2D eigenvalue weighted by molar-refractivity contribution is 5.20. The van der Waals surface area contributed by atoms with Crippen molar-refractivity contribution in [2.24, 2.45) is 0 Å². The Morgan fingerprint density at radius 1 is 1.19 bits per heavy atom. The van der Waals surface area contributed by atoms with Crippen LogP contribution in [-0.4, -0.2) is 23.9 Å². The Morgan fingerprint density at radius 2 is 1.81 bits per heavy atom. The lowest BCUT2D eigenvalue weighted by atomic mass is 9.91. The second-order valence-corrected chi connectivity index (χ2v) is 4.37. The summed E-state index contributed by atoms with van der Waals surface area (Å²) in [6.45, 7) is 6.47. The maximum Gasteiger partial charge on any atom is 0.0842 e. The number of hydrogen-bond acceptors (Lipinski definition) is 2. The number of benzene rings is 1. The van der Waals surface area contributed by atoms with Gasteiger partial charge in [0.05, 0.1) is 18.8 Å². The van der Waals surface area contributed by atoms with Gasteiger partial charge in [0.15, 0.2) is 0 Å². The van der Waals surface area contributed by atoms with Gasteiger partial charge in [-0.15, -0.1) is 0 Å². The van der Waals surface area contributed by atoms with Crippen LogP contribution in [0.2, 0.25) is 0 Å². The third-order valence-corrected chi connectivity index (χ3v) is 2.73. The Bertz CT molecular complexity index is 282. The summed E-state index contributed by atoms with van der Waals surface area (Å²) in [6, 6.07) is 10.1. The molecular formula is C14H22O2. The summed E-state index contributed by atoms with van der Waals surface area (Å²) in [5, 5.41) is 10.1. The molecule has 2 heteroatoms. The molecule has 1 N–H and O–H groups in total. The summed E-state index contributed by atoms with van der Waals surface area (Å²) in [5.41, 5.74) is 1.19. The molecule has 1 aromatic rings. The predicted molar refractivity (Wildman–Crippen MR) is 66.6 cm³/mol. The molecule has 0 saturated heterocycles. The largest absolute Gasteiger partial charge is 0.390 e. The topological polar surface area (TPSA) is 29.5 Å². The van der Waals surface area contributed by atoms with E-state index in [1.54, 1.807) is 0 Å². The lowest BCUT2D eigenvalue weighted by molar-refractivity contribution is -0.00598. The third-order valence-electron chi connectivity index (χ3n) is 2.73. The zero-order valence-corrected chi connectivity index (χ0v) is 10.4. The van der Waals surface area contributed by atoms with Crippen LogP contribution in [-0.2, 0) is 4.74 Å². The van der Waals surface area contributed by atoms with Crippen molar-refractivity contribution in [1.29, 1.82) is 0 Å². The van der Waals surface area contributed by atoms with Gasteiger partial charge in [0.25, 0.3) is 0 Å². The fourth-order valence-electron chi connectivity index (χ4n) is 1.84. The van der Waals surface area contributed by atoms with Crippen molar-refractivity contribution in [3.8, 4) is 0 Å². The van der Waals surface area contributed by atoms with E-state index in [0.717, 1.165) is 6.42 Å². The highest BCUT2D eigenvalue weighted by Crippen LogP contribution is 2.23. The van der Waals surface area contributed by atoms with Gasteiger partial charge in [0.2, 0.25) is 0 Å². The van der Waals surface area contributed by atoms with Crippen molar-refractivity contribution < 1.29 is 9.84 Å². The van der Waals surface area contributed by atoms with Gasteiger partial charge < -0.3 is 9.84 Å². The highest BCUT2D eigenvalue weighted by atomic mass is 16.5. The van der Waals surface area contributed by atoms with E-state index in [2.05, 4.69) is 19.1 Å². The zero-order valence-electron chi connectivity index (χ0n) is 10.4. The van der Waals surface area contributed by atoms with Crippen molar-refractivity contribution >= 4 is 0 Å². The van der Waals surface area contributed by atoms with Crippen LogP contribution in [0.15, 0.2) is 30.3 Å². The molecule has 16 heavy (non-hydrogen) atoms. The second kappa shape index (κ2) is 6.66. The van der Waals surface area contributed by atoms with E-state index < -0.39 is 6.10 Å². The Kier molecular flexibility index (Phi) is 5.50. The fourth-order valence-corrected chi connectivity index (χ4v) is 1.84. The minimum atomic E-state index is -0.421. The molecule has 0 aliphatic rings. The second-order valence-electron chi connectivity index (χ2n) is 4.37. The van der Waals surface area contributed by atoms with Crippen LogP contribution >= 0.6 is 0 Å². The quantitative estimate of drug-likeness (QED) is 0.802. The van der Waals surface area contributed by atoms with E-state index in [9.17, 15) is 5.11 Å². The van der Waals surface area contributed by atoms with Gasteiger partial charge in [0.1, 0.15) is 0 Å². The molecule has 90 valence electrons. The van der Waals surface area contributed by atoms with Crippen molar-refractivity contribution in [2.45, 2.75) is 45.3 Å². The Morgan fingerprint density at radius 3 is 2.31 bits per heavy atom. The third kappa shape index (κ3) is 3.95. The summed E-state index contributed by atoms with van der Waals surface area (Å²) in [6.07, 6.45) is 0.671. The average molecular weight is 222 g/mol. The summed E-state index contributed by atoms with van der Waals surface area (Å²) in [7, 11) is 0. The van der Waals surface area contributed by atoms with E-state index in [0.29, 0.717) is 6.61 Å². The van der Waals surface area contributed by atoms with Crippen LogP contribution in [0.3, 0.4) is 0 Å². The molecule has 0 aliphatic carbocycles. The maximum atomic E-state index is 10.1. The highest BCUT2D eigenvalue weighted by Gasteiger charge is 2.19. The summed E-state index contributed by atoms with van der Waals surface area (Å²) in [4.78, 5) is 0. The molecule has 0 amide bonds. The molecule has 0 saturated carbocycles. The van der Waals surface area contributed by atoms with E-state index in [4.69, 9.17) is 4.74 Å². The van der Waals surface area contributed by atoms with E-state index in [1.165, 1.54) is 5.56 Å². The molecule has 0 bridgehead atoms. The van der Waals surface area contributed by atoms with Crippen molar-refractivity contribution in [1.82, 2.24) is 0 Å². The van der Waals surface area contributed by atoms with Crippen LogP contribution in [0.5, 0.6) is 0 Å². The van der Waals surface area contributed by atoms with Crippen LogP contribution in [0.4, 0.5) is 0 Å². The SMILES string of the molecule is CCC(c1ccccc1)C(O)COC(C)C. The van der Waals surface area contributed by atoms with Crippen molar-refractivity contribution in [3.63, 3.8) is 0 Å². The van der Waals surface area contributed by atoms with Crippen molar-refractivity contribution in [2.75, 3.05) is 6.61 Å². The van der Waals surface area contributed by atoms with E-state index in [1.807, 2.05) is 32.0 Å². The number of aliphatic hydroxyl groups is 1. The molecule has 0 fully saturated rings. The van der Waals surface area contributed by atoms with Gasteiger partial charge in [-0.25, -0.2) is 0 Å². The normalized spacial score (nSPS) is 15.1. The smallest absolute Gasteiger partial charge is 0.0842 e. The van der Waals surface area contributed by atoms with Gasteiger partial charge in [-0.05, 0) is 25.8 Å². The molecule has 0 spiro atoms. The first kappa shape index (κ1) is 13.2.